The van der Waals surface area contributed by atoms with Crippen LogP contribution in [0, 0.1) is 10.1 Å². The van der Waals surface area contributed by atoms with Crippen molar-refractivity contribution in [1.29, 1.82) is 0 Å². The Morgan fingerprint density at radius 2 is 1.78 bits per heavy atom. The number of nitro groups is 1. The first-order valence-electron chi connectivity index (χ1n) is 6.66. The van der Waals surface area contributed by atoms with Crippen molar-refractivity contribution in [3.8, 4) is 0 Å². The highest BCUT2D eigenvalue weighted by molar-refractivity contribution is 6.33. The molecule has 2 amide bonds. The topological polar surface area (TPSA) is 87.5 Å². The second-order valence-electron chi connectivity index (χ2n) is 4.94. The molecule has 0 aliphatic heterocycles. The Hall–Kier alpha value is -2.80. The highest BCUT2D eigenvalue weighted by Gasteiger charge is 2.12. The molecule has 0 aromatic heterocycles. The molecule has 7 nitrogen and oxygen atoms in total. The lowest BCUT2D eigenvalue weighted by Crippen LogP contribution is -2.19. The van der Waals surface area contributed by atoms with E-state index in [1.807, 2.05) is 31.1 Å². The number of urea groups is 1. The molecule has 0 aliphatic carbocycles. The number of carbonyl (C=O) groups excluding carboxylic acids is 1. The Morgan fingerprint density at radius 3 is 2.35 bits per heavy atom. The summed E-state index contributed by atoms with van der Waals surface area (Å²) in [5.41, 5.74) is 1.61. The predicted octanol–water partition coefficient (Wildman–Crippen LogP) is 3.96. The molecule has 0 bridgehead atoms. The lowest BCUT2D eigenvalue weighted by atomic mass is 10.2. The first-order chi connectivity index (χ1) is 10.9. The molecular weight excluding hydrogens is 320 g/mol. The molecule has 120 valence electrons. The van der Waals surface area contributed by atoms with E-state index < -0.39 is 11.0 Å². The monoisotopic (exact) mass is 334 g/mol. The zero-order valence-corrected chi connectivity index (χ0v) is 13.3. The van der Waals surface area contributed by atoms with E-state index in [4.69, 9.17) is 11.6 Å². The Balaban J connectivity index is 2.07. The van der Waals surface area contributed by atoms with Gasteiger partial charge in [-0.25, -0.2) is 4.79 Å². The molecule has 2 aromatic carbocycles. The van der Waals surface area contributed by atoms with E-state index >= 15 is 0 Å². The van der Waals surface area contributed by atoms with Gasteiger partial charge in [-0.15, -0.1) is 0 Å². The summed E-state index contributed by atoms with van der Waals surface area (Å²) in [6.07, 6.45) is 0. The summed E-state index contributed by atoms with van der Waals surface area (Å²) in [6, 6.07) is 10.5. The van der Waals surface area contributed by atoms with E-state index in [1.165, 1.54) is 18.2 Å². The number of nitro benzene ring substituents is 1. The number of nitrogens with one attached hydrogen (secondary N) is 2. The second kappa shape index (κ2) is 6.97. The van der Waals surface area contributed by atoms with Crippen LogP contribution in [0.3, 0.4) is 0 Å². The molecule has 2 N–H and O–H groups in total. The van der Waals surface area contributed by atoms with Crippen LogP contribution in [0.25, 0.3) is 0 Å². The van der Waals surface area contributed by atoms with Crippen LogP contribution in [-0.4, -0.2) is 25.0 Å². The van der Waals surface area contributed by atoms with Crippen molar-refractivity contribution in [1.82, 2.24) is 0 Å². The molecule has 0 saturated carbocycles. The maximum Gasteiger partial charge on any atom is 0.323 e. The van der Waals surface area contributed by atoms with Gasteiger partial charge in [-0.1, -0.05) is 11.6 Å². The summed E-state index contributed by atoms with van der Waals surface area (Å²) in [6.45, 7) is 0. The third kappa shape index (κ3) is 4.33. The Bertz CT molecular complexity index is 732. The molecule has 2 rings (SSSR count). The third-order valence-corrected chi connectivity index (χ3v) is 3.38. The van der Waals surface area contributed by atoms with Crippen molar-refractivity contribution in [2.75, 3.05) is 29.6 Å². The zero-order chi connectivity index (χ0) is 17.0. The first kappa shape index (κ1) is 16.6. The van der Waals surface area contributed by atoms with Gasteiger partial charge in [0.2, 0.25) is 0 Å². The Labute approximate surface area is 138 Å². The Morgan fingerprint density at radius 1 is 1.13 bits per heavy atom. The third-order valence-electron chi connectivity index (χ3n) is 3.05. The Kier molecular flexibility index (Phi) is 5.02. The number of benzene rings is 2. The fourth-order valence-corrected chi connectivity index (χ4v) is 2.01. The number of anilines is 3. The van der Waals surface area contributed by atoms with E-state index in [2.05, 4.69) is 10.6 Å². The average molecular weight is 335 g/mol. The number of non-ortho nitro benzene ring substituents is 1. The van der Waals surface area contributed by atoms with Gasteiger partial charge in [-0.3, -0.25) is 10.1 Å². The van der Waals surface area contributed by atoms with Crippen LogP contribution in [0.2, 0.25) is 5.02 Å². The minimum atomic E-state index is -0.556. The standard InChI is InChI=1S/C15H15ClN4O3/c1-19(2)11-5-3-10(4-6-11)17-15(21)18-14-9-12(20(22)23)7-8-13(14)16/h3-9H,1-2H3,(H2,17,18,21). The second-order valence-corrected chi connectivity index (χ2v) is 5.35. The van der Waals surface area contributed by atoms with Crippen LogP contribution in [0.15, 0.2) is 42.5 Å². The van der Waals surface area contributed by atoms with E-state index in [9.17, 15) is 14.9 Å². The lowest BCUT2D eigenvalue weighted by molar-refractivity contribution is -0.384. The molecular formula is C15H15ClN4O3. The minimum absolute atomic E-state index is 0.153. The molecule has 0 unspecified atom stereocenters. The van der Waals surface area contributed by atoms with Crippen molar-refractivity contribution < 1.29 is 9.72 Å². The van der Waals surface area contributed by atoms with Gasteiger partial charge in [0.1, 0.15) is 0 Å². The molecule has 0 fully saturated rings. The molecule has 0 aliphatic rings. The maximum absolute atomic E-state index is 12.0. The normalized spacial score (nSPS) is 10.0. The lowest BCUT2D eigenvalue weighted by Gasteiger charge is -2.13. The summed E-state index contributed by atoms with van der Waals surface area (Å²) in [7, 11) is 3.83. The van der Waals surface area contributed by atoms with Crippen molar-refractivity contribution >= 4 is 40.4 Å². The summed E-state index contributed by atoms with van der Waals surface area (Å²) in [4.78, 5) is 24.1. The minimum Gasteiger partial charge on any atom is -0.378 e. The number of hydrogen-bond acceptors (Lipinski definition) is 4. The van der Waals surface area contributed by atoms with Crippen LogP contribution in [0.5, 0.6) is 0 Å². The molecule has 2 aromatic rings. The molecule has 0 atom stereocenters. The van der Waals surface area contributed by atoms with E-state index in [0.29, 0.717) is 5.69 Å². The smallest absolute Gasteiger partial charge is 0.323 e. The maximum atomic E-state index is 12.0. The van der Waals surface area contributed by atoms with Crippen molar-refractivity contribution in [2.45, 2.75) is 0 Å². The highest BCUT2D eigenvalue weighted by Crippen LogP contribution is 2.27. The summed E-state index contributed by atoms with van der Waals surface area (Å²) in [5.74, 6) is 0. The van der Waals surface area contributed by atoms with Gasteiger partial charge in [0.05, 0.1) is 15.6 Å². The van der Waals surface area contributed by atoms with Gasteiger partial charge in [-0.2, -0.15) is 0 Å². The van der Waals surface area contributed by atoms with Crippen LogP contribution < -0.4 is 15.5 Å². The quantitative estimate of drug-likeness (QED) is 0.654. The average Bonchev–Trinajstić information content (AvgIpc) is 2.49. The molecule has 0 heterocycles. The van der Waals surface area contributed by atoms with Gasteiger partial charge >= 0.3 is 6.03 Å². The van der Waals surface area contributed by atoms with Crippen LogP contribution in [0.1, 0.15) is 0 Å². The fourth-order valence-electron chi connectivity index (χ4n) is 1.85. The van der Waals surface area contributed by atoms with Gasteiger partial charge in [0.25, 0.3) is 5.69 Å². The zero-order valence-electron chi connectivity index (χ0n) is 12.5. The van der Waals surface area contributed by atoms with Gasteiger partial charge in [0, 0.05) is 37.6 Å². The van der Waals surface area contributed by atoms with Gasteiger partial charge in [0.15, 0.2) is 0 Å². The number of rotatable bonds is 4. The van der Waals surface area contributed by atoms with E-state index in [-0.39, 0.29) is 16.4 Å². The highest BCUT2D eigenvalue weighted by atomic mass is 35.5. The SMILES string of the molecule is CN(C)c1ccc(NC(=O)Nc2cc([N+](=O)[O-])ccc2Cl)cc1. The number of nitrogens with zero attached hydrogens (tertiary/aromatic N) is 2. The summed E-state index contributed by atoms with van der Waals surface area (Å²) in [5, 5.41) is 16.1. The van der Waals surface area contributed by atoms with E-state index in [0.717, 1.165) is 5.69 Å². The molecule has 8 heteroatoms. The fraction of sp³-hybridized carbons (Fsp3) is 0.133. The van der Waals surface area contributed by atoms with Crippen LogP contribution >= 0.6 is 11.6 Å². The number of carbonyl (C=O) groups is 1. The van der Waals surface area contributed by atoms with E-state index in [1.54, 1.807) is 12.1 Å². The van der Waals surface area contributed by atoms with Crippen molar-refractivity contribution in [2.24, 2.45) is 0 Å². The number of hydrogen-bond donors (Lipinski definition) is 2. The molecule has 23 heavy (non-hydrogen) atoms. The van der Waals surface area contributed by atoms with Crippen LogP contribution in [0.4, 0.5) is 27.5 Å². The van der Waals surface area contributed by atoms with Gasteiger partial charge < -0.3 is 15.5 Å². The summed E-state index contributed by atoms with van der Waals surface area (Å²) < 4.78 is 0. The van der Waals surface area contributed by atoms with Crippen molar-refractivity contribution in [3.05, 3.63) is 57.6 Å². The van der Waals surface area contributed by atoms with Gasteiger partial charge in [-0.05, 0) is 30.3 Å². The predicted molar refractivity (Wildman–Crippen MR) is 91.5 cm³/mol. The number of amides is 2. The summed E-state index contributed by atoms with van der Waals surface area (Å²) >= 11 is 5.93. The first-order valence-corrected chi connectivity index (χ1v) is 7.04. The van der Waals surface area contributed by atoms with Crippen LogP contribution in [-0.2, 0) is 0 Å². The largest absolute Gasteiger partial charge is 0.378 e. The van der Waals surface area contributed by atoms with Crippen molar-refractivity contribution in [3.63, 3.8) is 0 Å². The molecule has 0 spiro atoms. The number of halogens is 1. The molecule has 0 saturated heterocycles. The molecule has 0 radical (unpaired) electrons.